The van der Waals surface area contributed by atoms with Crippen LogP contribution in [-0.2, 0) is 17.5 Å². The second kappa shape index (κ2) is 10.5. The normalized spacial score (nSPS) is 13.7. The highest BCUT2D eigenvalue weighted by atomic mass is 19.4. The van der Waals surface area contributed by atoms with E-state index in [1.165, 1.54) is 12.1 Å². The number of hydrogen-bond acceptors (Lipinski definition) is 4. The third-order valence-electron chi connectivity index (χ3n) is 6.07. The van der Waals surface area contributed by atoms with Crippen LogP contribution in [0.5, 0.6) is 5.75 Å². The summed E-state index contributed by atoms with van der Waals surface area (Å²) in [6, 6.07) is 12.9. The molecule has 0 amide bonds. The van der Waals surface area contributed by atoms with Crippen molar-refractivity contribution in [1.82, 2.24) is 4.98 Å². The number of halogens is 4. The first kappa shape index (κ1) is 25.4. The number of hydrogen-bond donors (Lipinski definition) is 0. The Hall–Kier alpha value is -3.68. The Morgan fingerprint density at radius 2 is 1.78 bits per heavy atom. The highest BCUT2D eigenvalue weighted by Crippen LogP contribution is 2.44. The van der Waals surface area contributed by atoms with E-state index in [1.54, 1.807) is 44.2 Å². The molecule has 0 fully saturated rings. The predicted octanol–water partition coefficient (Wildman–Crippen LogP) is 7.40. The molecule has 0 atom stereocenters. The summed E-state index contributed by atoms with van der Waals surface area (Å²) in [7, 11) is 0. The van der Waals surface area contributed by atoms with E-state index in [1.807, 2.05) is 0 Å². The number of nitrogens with zero attached hydrogens (tertiary/aromatic N) is 1. The SMILES string of the molecule is CCOC(=O)c1nc(C2=C(c3cc(C(F)(F)F)ccc3OCc3ccccc3F)CCC2)ccc1C. The third-order valence-corrected chi connectivity index (χ3v) is 6.07. The Bertz CT molecular complexity index is 1310. The van der Waals surface area contributed by atoms with E-state index in [0.29, 0.717) is 41.7 Å². The topological polar surface area (TPSA) is 48.4 Å². The molecular weight excluding hydrogens is 474 g/mol. The summed E-state index contributed by atoms with van der Waals surface area (Å²) in [5.41, 5.74) is 2.51. The number of rotatable bonds is 7. The summed E-state index contributed by atoms with van der Waals surface area (Å²) in [5, 5.41) is 0. The van der Waals surface area contributed by atoms with Gasteiger partial charge in [0.1, 0.15) is 18.2 Å². The standard InChI is InChI=1S/C28H25F4NO3/c1-3-35-27(34)26-17(2)11-13-24(33-26)21-9-6-8-20(21)22-15-19(28(30,31)32)12-14-25(22)36-16-18-7-4-5-10-23(18)29/h4-5,7,10-15H,3,6,8-9,16H2,1-2H3. The van der Waals surface area contributed by atoms with Gasteiger partial charge >= 0.3 is 12.1 Å². The van der Waals surface area contributed by atoms with Crippen LogP contribution in [0.1, 0.15) is 64.6 Å². The molecule has 0 saturated carbocycles. The van der Waals surface area contributed by atoms with E-state index < -0.39 is 23.5 Å². The number of pyridine rings is 1. The zero-order valence-corrected chi connectivity index (χ0v) is 19.9. The van der Waals surface area contributed by atoms with Crippen molar-refractivity contribution in [3.8, 4) is 5.75 Å². The summed E-state index contributed by atoms with van der Waals surface area (Å²) in [4.78, 5) is 16.9. The minimum Gasteiger partial charge on any atom is -0.488 e. The maximum atomic E-state index is 14.1. The molecule has 0 spiro atoms. The molecule has 1 aromatic heterocycles. The zero-order chi connectivity index (χ0) is 25.9. The monoisotopic (exact) mass is 499 g/mol. The van der Waals surface area contributed by atoms with Crippen LogP contribution >= 0.6 is 0 Å². The third kappa shape index (κ3) is 5.42. The lowest BCUT2D eigenvalue weighted by Gasteiger charge is -2.17. The highest BCUT2D eigenvalue weighted by Gasteiger charge is 2.32. The molecule has 1 heterocycles. The number of allylic oxidation sites excluding steroid dienone is 2. The molecule has 0 unspecified atom stereocenters. The van der Waals surface area contributed by atoms with Crippen LogP contribution in [0.25, 0.3) is 11.1 Å². The second-order valence-corrected chi connectivity index (χ2v) is 8.48. The van der Waals surface area contributed by atoms with Crippen molar-refractivity contribution >= 4 is 17.1 Å². The number of ether oxygens (including phenoxy) is 2. The molecule has 4 rings (SSSR count). The number of alkyl halides is 3. The molecule has 4 nitrogen and oxygen atoms in total. The van der Waals surface area contributed by atoms with Gasteiger partial charge in [-0.2, -0.15) is 13.2 Å². The number of carbonyl (C=O) groups is 1. The fraction of sp³-hybridized carbons (Fsp3) is 0.286. The van der Waals surface area contributed by atoms with Gasteiger partial charge in [-0.05, 0) is 80.2 Å². The van der Waals surface area contributed by atoms with Crippen molar-refractivity contribution in [2.45, 2.75) is 45.9 Å². The number of benzene rings is 2. The molecule has 188 valence electrons. The van der Waals surface area contributed by atoms with Gasteiger partial charge in [0.2, 0.25) is 0 Å². The smallest absolute Gasteiger partial charge is 0.416 e. The molecule has 8 heteroatoms. The second-order valence-electron chi connectivity index (χ2n) is 8.48. The number of aromatic nitrogens is 1. The number of aryl methyl sites for hydroxylation is 1. The van der Waals surface area contributed by atoms with Gasteiger partial charge in [0.05, 0.1) is 17.9 Å². The fourth-order valence-corrected chi connectivity index (χ4v) is 4.27. The van der Waals surface area contributed by atoms with Crippen molar-refractivity contribution < 1.29 is 31.8 Å². The molecular formula is C28H25F4NO3. The first-order valence-corrected chi connectivity index (χ1v) is 11.6. The van der Waals surface area contributed by atoms with Gasteiger partial charge in [0.15, 0.2) is 5.69 Å². The van der Waals surface area contributed by atoms with Crippen LogP contribution in [0.4, 0.5) is 17.6 Å². The molecule has 36 heavy (non-hydrogen) atoms. The maximum absolute atomic E-state index is 14.1. The Morgan fingerprint density at radius 3 is 2.50 bits per heavy atom. The van der Waals surface area contributed by atoms with Crippen LogP contribution < -0.4 is 4.74 Å². The molecule has 3 aromatic rings. The van der Waals surface area contributed by atoms with E-state index in [4.69, 9.17) is 9.47 Å². The lowest BCUT2D eigenvalue weighted by atomic mass is 9.96. The molecule has 0 aliphatic heterocycles. The van der Waals surface area contributed by atoms with Crippen molar-refractivity contribution in [3.63, 3.8) is 0 Å². The molecule has 0 radical (unpaired) electrons. The molecule has 0 N–H and O–H groups in total. The zero-order valence-electron chi connectivity index (χ0n) is 19.9. The molecule has 0 saturated heterocycles. The van der Waals surface area contributed by atoms with Gasteiger partial charge in [-0.3, -0.25) is 0 Å². The largest absolute Gasteiger partial charge is 0.488 e. The Kier molecular flexibility index (Phi) is 7.43. The van der Waals surface area contributed by atoms with Gasteiger partial charge in [0, 0.05) is 11.1 Å². The van der Waals surface area contributed by atoms with Crippen LogP contribution in [-0.4, -0.2) is 17.6 Å². The summed E-state index contributed by atoms with van der Waals surface area (Å²) in [6.07, 6.45) is -2.75. The van der Waals surface area contributed by atoms with E-state index in [9.17, 15) is 22.4 Å². The van der Waals surface area contributed by atoms with Crippen molar-refractivity contribution in [3.05, 3.63) is 94.1 Å². The van der Waals surface area contributed by atoms with Gasteiger partial charge in [-0.1, -0.05) is 24.3 Å². The quantitative estimate of drug-likeness (QED) is 0.251. The molecule has 2 aromatic carbocycles. The van der Waals surface area contributed by atoms with Crippen LogP contribution in [0.3, 0.4) is 0 Å². The predicted molar refractivity (Wildman–Crippen MR) is 128 cm³/mol. The highest BCUT2D eigenvalue weighted by molar-refractivity contribution is 5.95. The Morgan fingerprint density at radius 1 is 1.03 bits per heavy atom. The molecule has 1 aliphatic carbocycles. The first-order valence-electron chi connectivity index (χ1n) is 11.6. The number of esters is 1. The average Bonchev–Trinajstić information content (AvgIpc) is 3.33. The van der Waals surface area contributed by atoms with Gasteiger partial charge in [-0.25, -0.2) is 14.2 Å². The summed E-state index contributed by atoms with van der Waals surface area (Å²) in [5.74, 6) is -0.787. The van der Waals surface area contributed by atoms with E-state index in [-0.39, 0.29) is 30.2 Å². The minimum atomic E-state index is -4.54. The maximum Gasteiger partial charge on any atom is 0.416 e. The summed E-state index contributed by atoms with van der Waals surface area (Å²) < 4.78 is 65.8. The van der Waals surface area contributed by atoms with Crippen molar-refractivity contribution in [1.29, 1.82) is 0 Å². The lowest BCUT2D eigenvalue weighted by molar-refractivity contribution is -0.137. The Labute approximate surface area is 206 Å². The summed E-state index contributed by atoms with van der Waals surface area (Å²) in [6.45, 7) is 3.51. The van der Waals surface area contributed by atoms with E-state index >= 15 is 0 Å². The van der Waals surface area contributed by atoms with Gasteiger partial charge in [0.25, 0.3) is 0 Å². The Balaban J connectivity index is 1.79. The van der Waals surface area contributed by atoms with E-state index in [2.05, 4.69) is 4.98 Å². The van der Waals surface area contributed by atoms with E-state index in [0.717, 1.165) is 17.7 Å². The number of carbonyl (C=O) groups excluding carboxylic acids is 1. The summed E-state index contributed by atoms with van der Waals surface area (Å²) >= 11 is 0. The average molecular weight is 500 g/mol. The first-order chi connectivity index (χ1) is 17.2. The lowest BCUT2D eigenvalue weighted by Crippen LogP contribution is -2.10. The van der Waals surface area contributed by atoms with Crippen molar-refractivity contribution in [2.24, 2.45) is 0 Å². The molecule has 1 aliphatic rings. The fourth-order valence-electron chi connectivity index (χ4n) is 4.27. The van der Waals surface area contributed by atoms with Gasteiger partial charge < -0.3 is 9.47 Å². The van der Waals surface area contributed by atoms with Crippen molar-refractivity contribution in [2.75, 3.05) is 6.61 Å². The van der Waals surface area contributed by atoms with Crippen LogP contribution in [0.2, 0.25) is 0 Å². The minimum absolute atomic E-state index is 0.135. The molecule has 0 bridgehead atoms. The van der Waals surface area contributed by atoms with Crippen LogP contribution in [0, 0.1) is 12.7 Å². The van der Waals surface area contributed by atoms with Crippen LogP contribution in [0.15, 0.2) is 54.6 Å². The van der Waals surface area contributed by atoms with Gasteiger partial charge in [-0.15, -0.1) is 0 Å².